The fourth-order valence-electron chi connectivity index (χ4n) is 1.26. The van der Waals surface area contributed by atoms with E-state index in [9.17, 15) is 9.18 Å². The van der Waals surface area contributed by atoms with Crippen molar-refractivity contribution in [3.8, 4) is 0 Å². The van der Waals surface area contributed by atoms with Crippen LogP contribution in [-0.4, -0.2) is 19.1 Å². The first-order chi connectivity index (χ1) is 7.72. The zero-order valence-corrected chi connectivity index (χ0v) is 10.6. The summed E-state index contributed by atoms with van der Waals surface area (Å²) in [6.45, 7) is 3.39. The van der Waals surface area contributed by atoms with Crippen molar-refractivity contribution >= 4 is 18.4 Å². The molecule has 0 radical (unpaired) electrons. The van der Waals surface area contributed by atoms with Crippen molar-refractivity contribution in [1.29, 1.82) is 0 Å². The van der Waals surface area contributed by atoms with Gasteiger partial charge in [-0.25, -0.2) is 4.39 Å². The molecule has 0 heterocycles. The number of halogens is 2. The predicted octanol–water partition coefficient (Wildman–Crippen LogP) is 2.29. The zero-order chi connectivity index (χ0) is 11.8. The van der Waals surface area contributed by atoms with Gasteiger partial charge in [0, 0.05) is 13.1 Å². The lowest BCUT2D eigenvalue weighted by Crippen LogP contribution is -2.19. The van der Waals surface area contributed by atoms with Crippen LogP contribution >= 0.6 is 12.4 Å². The first-order valence-electron chi connectivity index (χ1n) is 5.33. The summed E-state index contributed by atoms with van der Waals surface area (Å²) in [6, 6.07) is 6.27. The molecule has 0 amide bonds. The standard InChI is InChI=1S/C12H16FNO2.ClH/c1-2-16-12(15)7-8-14-9-10-3-5-11(13)6-4-10;/h3-6,14H,2,7-9H2,1H3;1H. The van der Waals surface area contributed by atoms with E-state index in [2.05, 4.69) is 5.32 Å². The third kappa shape index (κ3) is 6.92. The van der Waals surface area contributed by atoms with Gasteiger partial charge >= 0.3 is 5.97 Å². The third-order valence-electron chi connectivity index (χ3n) is 2.05. The summed E-state index contributed by atoms with van der Waals surface area (Å²) in [5, 5.41) is 3.09. The van der Waals surface area contributed by atoms with Crippen molar-refractivity contribution < 1.29 is 13.9 Å². The van der Waals surface area contributed by atoms with Crippen LogP contribution in [0.2, 0.25) is 0 Å². The van der Waals surface area contributed by atoms with Gasteiger partial charge in [0.15, 0.2) is 0 Å². The number of carbonyl (C=O) groups excluding carboxylic acids is 1. The lowest BCUT2D eigenvalue weighted by molar-refractivity contribution is -0.142. The smallest absolute Gasteiger partial charge is 0.307 e. The fraction of sp³-hybridized carbons (Fsp3) is 0.417. The first kappa shape index (κ1) is 15.9. The quantitative estimate of drug-likeness (QED) is 0.631. The molecule has 5 heteroatoms. The van der Waals surface area contributed by atoms with E-state index < -0.39 is 0 Å². The molecule has 0 aromatic heterocycles. The normalized spacial score (nSPS) is 9.53. The van der Waals surface area contributed by atoms with Crippen LogP contribution in [0.25, 0.3) is 0 Å². The molecule has 0 saturated heterocycles. The Balaban J connectivity index is 0.00000256. The average molecular weight is 262 g/mol. The Labute approximate surface area is 107 Å². The van der Waals surface area contributed by atoms with E-state index >= 15 is 0 Å². The maximum Gasteiger partial charge on any atom is 0.307 e. The van der Waals surface area contributed by atoms with Crippen molar-refractivity contribution in [1.82, 2.24) is 5.32 Å². The van der Waals surface area contributed by atoms with E-state index in [0.717, 1.165) is 5.56 Å². The Morgan fingerprint density at radius 2 is 2.00 bits per heavy atom. The van der Waals surface area contributed by atoms with E-state index in [1.54, 1.807) is 19.1 Å². The Morgan fingerprint density at radius 3 is 2.59 bits per heavy atom. The molecule has 0 aliphatic carbocycles. The molecule has 0 aliphatic rings. The molecule has 0 spiro atoms. The monoisotopic (exact) mass is 261 g/mol. The Hall–Kier alpha value is -1.13. The minimum atomic E-state index is -0.240. The van der Waals surface area contributed by atoms with Crippen LogP contribution in [0.1, 0.15) is 18.9 Å². The van der Waals surface area contributed by atoms with Crippen molar-refractivity contribution in [2.75, 3.05) is 13.2 Å². The highest BCUT2D eigenvalue weighted by molar-refractivity contribution is 5.85. The van der Waals surface area contributed by atoms with Crippen LogP contribution in [0.5, 0.6) is 0 Å². The van der Waals surface area contributed by atoms with Crippen LogP contribution in [0.4, 0.5) is 4.39 Å². The van der Waals surface area contributed by atoms with E-state index in [0.29, 0.717) is 26.1 Å². The summed E-state index contributed by atoms with van der Waals surface area (Å²) in [5.74, 6) is -0.440. The molecule has 0 atom stereocenters. The number of nitrogens with one attached hydrogen (secondary N) is 1. The fourth-order valence-corrected chi connectivity index (χ4v) is 1.26. The molecule has 0 fully saturated rings. The summed E-state index contributed by atoms with van der Waals surface area (Å²) in [7, 11) is 0. The number of benzene rings is 1. The second-order valence-electron chi connectivity index (χ2n) is 3.36. The molecule has 0 aliphatic heterocycles. The van der Waals surface area contributed by atoms with Gasteiger partial charge in [0.25, 0.3) is 0 Å². The van der Waals surface area contributed by atoms with E-state index in [4.69, 9.17) is 4.74 Å². The minimum absolute atomic E-state index is 0. The van der Waals surface area contributed by atoms with Crippen molar-refractivity contribution in [2.24, 2.45) is 0 Å². The van der Waals surface area contributed by atoms with Gasteiger partial charge < -0.3 is 10.1 Å². The first-order valence-corrected chi connectivity index (χ1v) is 5.33. The average Bonchev–Trinajstić information content (AvgIpc) is 2.27. The summed E-state index contributed by atoms with van der Waals surface area (Å²) in [5.41, 5.74) is 0.991. The Morgan fingerprint density at radius 1 is 1.35 bits per heavy atom. The second-order valence-corrected chi connectivity index (χ2v) is 3.36. The molecule has 96 valence electrons. The molecule has 3 nitrogen and oxygen atoms in total. The maximum absolute atomic E-state index is 12.6. The topological polar surface area (TPSA) is 38.3 Å². The second kappa shape index (κ2) is 8.96. The van der Waals surface area contributed by atoms with Crippen molar-refractivity contribution in [2.45, 2.75) is 19.9 Å². The van der Waals surface area contributed by atoms with Crippen LogP contribution in [0.3, 0.4) is 0 Å². The molecule has 0 saturated carbocycles. The maximum atomic E-state index is 12.6. The van der Waals surface area contributed by atoms with Gasteiger partial charge in [-0.3, -0.25) is 4.79 Å². The number of hydrogen-bond acceptors (Lipinski definition) is 3. The van der Waals surface area contributed by atoms with Gasteiger partial charge in [0.05, 0.1) is 13.0 Å². The highest BCUT2D eigenvalue weighted by atomic mass is 35.5. The highest BCUT2D eigenvalue weighted by Crippen LogP contribution is 2.01. The number of ether oxygens (including phenoxy) is 1. The van der Waals surface area contributed by atoms with Gasteiger partial charge in [-0.1, -0.05) is 12.1 Å². The molecule has 1 aromatic carbocycles. The van der Waals surface area contributed by atoms with Crippen LogP contribution in [-0.2, 0) is 16.1 Å². The Kier molecular flexibility index (Phi) is 8.36. The summed E-state index contributed by atoms with van der Waals surface area (Å²) >= 11 is 0. The Bertz CT molecular complexity index is 330. The SMILES string of the molecule is CCOC(=O)CCNCc1ccc(F)cc1.Cl. The van der Waals surface area contributed by atoms with Crippen molar-refractivity contribution in [3.05, 3.63) is 35.6 Å². The van der Waals surface area contributed by atoms with Crippen molar-refractivity contribution in [3.63, 3.8) is 0 Å². The molecule has 0 bridgehead atoms. The molecular formula is C12H17ClFNO2. The van der Waals surface area contributed by atoms with Crippen LogP contribution in [0.15, 0.2) is 24.3 Å². The van der Waals surface area contributed by atoms with Crippen LogP contribution in [0, 0.1) is 5.82 Å². The minimum Gasteiger partial charge on any atom is -0.466 e. The number of rotatable bonds is 6. The lowest BCUT2D eigenvalue weighted by atomic mass is 10.2. The van der Waals surface area contributed by atoms with Crippen LogP contribution < -0.4 is 5.32 Å². The number of esters is 1. The van der Waals surface area contributed by atoms with Gasteiger partial charge in [0.2, 0.25) is 0 Å². The number of carbonyl (C=O) groups is 1. The van der Waals surface area contributed by atoms with Gasteiger partial charge in [-0.2, -0.15) is 0 Å². The molecule has 1 rings (SSSR count). The highest BCUT2D eigenvalue weighted by Gasteiger charge is 2.00. The summed E-state index contributed by atoms with van der Waals surface area (Å²) < 4.78 is 17.4. The van der Waals surface area contributed by atoms with Gasteiger partial charge in [0.1, 0.15) is 5.82 Å². The zero-order valence-electron chi connectivity index (χ0n) is 9.74. The number of hydrogen-bond donors (Lipinski definition) is 1. The van der Waals surface area contributed by atoms with Gasteiger partial charge in [-0.15, -0.1) is 12.4 Å². The molecular weight excluding hydrogens is 245 g/mol. The molecule has 1 aromatic rings. The predicted molar refractivity (Wildman–Crippen MR) is 66.6 cm³/mol. The molecule has 1 N–H and O–H groups in total. The van der Waals surface area contributed by atoms with Gasteiger partial charge in [-0.05, 0) is 24.6 Å². The lowest BCUT2D eigenvalue weighted by Gasteiger charge is -2.04. The summed E-state index contributed by atoms with van der Waals surface area (Å²) in [4.78, 5) is 11.0. The largest absolute Gasteiger partial charge is 0.466 e. The summed E-state index contributed by atoms with van der Waals surface area (Å²) in [6.07, 6.45) is 0.356. The molecule has 17 heavy (non-hydrogen) atoms. The van der Waals surface area contributed by atoms with E-state index in [1.165, 1.54) is 12.1 Å². The molecule has 0 unspecified atom stereocenters. The van der Waals surface area contributed by atoms with E-state index in [-0.39, 0.29) is 24.2 Å². The third-order valence-corrected chi connectivity index (χ3v) is 2.05. The van der Waals surface area contributed by atoms with E-state index in [1.807, 2.05) is 0 Å².